The molecule has 8 rings (SSSR count). The van der Waals surface area contributed by atoms with Crippen LogP contribution < -0.4 is 0 Å². The van der Waals surface area contributed by atoms with Crippen molar-refractivity contribution >= 4 is 23.1 Å². The second-order valence-corrected chi connectivity index (χ2v) is 11.6. The van der Waals surface area contributed by atoms with Crippen molar-refractivity contribution in [2.75, 3.05) is 0 Å². The number of pyridine rings is 1. The lowest BCUT2D eigenvalue weighted by Crippen LogP contribution is -2.04. The summed E-state index contributed by atoms with van der Waals surface area (Å²) in [5.74, 6) is 2.61. The summed E-state index contributed by atoms with van der Waals surface area (Å²) in [5, 5.41) is 1.13. The second-order valence-electron chi connectivity index (χ2n) is 11.6. The molecule has 4 aromatic carbocycles. The van der Waals surface area contributed by atoms with Crippen LogP contribution in [-0.2, 0) is 12.8 Å². The van der Waals surface area contributed by atoms with E-state index in [1.54, 1.807) is 0 Å². The first-order valence-corrected chi connectivity index (χ1v) is 15.0. The van der Waals surface area contributed by atoms with Crippen LogP contribution in [0.3, 0.4) is 0 Å². The molecule has 0 radical (unpaired) electrons. The molecule has 0 N–H and O–H groups in total. The van der Waals surface area contributed by atoms with Crippen LogP contribution in [0, 0.1) is 5.92 Å². The molecule has 2 heterocycles. The number of rotatable bonds is 4. The number of allylic oxidation sites excluding steroid dienone is 2. The average molecular weight is 555 g/mol. The predicted molar refractivity (Wildman–Crippen MR) is 176 cm³/mol. The summed E-state index contributed by atoms with van der Waals surface area (Å²) in [7, 11) is 0. The molecule has 43 heavy (non-hydrogen) atoms. The highest BCUT2D eigenvalue weighted by atomic mass is 15.0. The maximum absolute atomic E-state index is 5.04. The number of para-hydroxylation sites is 1. The highest BCUT2D eigenvalue weighted by Crippen LogP contribution is 2.32. The first kappa shape index (κ1) is 25.5. The van der Waals surface area contributed by atoms with Crippen LogP contribution in [0.5, 0.6) is 0 Å². The van der Waals surface area contributed by atoms with Crippen molar-refractivity contribution in [3.05, 3.63) is 132 Å². The van der Waals surface area contributed by atoms with Crippen LogP contribution in [0.25, 0.3) is 68.3 Å². The van der Waals surface area contributed by atoms with Gasteiger partial charge in [0.05, 0.1) is 5.52 Å². The topological polar surface area (TPSA) is 51.6 Å². The van der Waals surface area contributed by atoms with Gasteiger partial charge in [-0.25, -0.2) is 15.0 Å². The minimum absolute atomic E-state index is 0.556. The number of hydrogen-bond acceptors (Lipinski definition) is 4. The van der Waals surface area contributed by atoms with Gasteiger partial charge in [-0.15, -0.1) is 0 Å². The molecule has 6 aromatic rings. The molecular formula is C39H30N4. The maximum Gasteiger partial charge on any atom is 0.164 e. The zero-order chi connectivity index (χ0) is 28.8. The van der Waals surface area contributed by atoms with Crippen molar-refractivity contribution in [3.63, 3.8) is 0 Å². The van der Waals surface area contributed by atoms with Crippen LogP contribution >= 0.6 is 0 Å². The smallest absolute Gasteiger partial charge is 0.164 e. The molecule has 2 aliphatic rings. The largest absolute Gasteiger partial charge is 0.256 e. The molecule has 1 unspecified atom stereocenters. The summed E-state index contributed by atoms with van der Waals surface area (Å²) >= 11 is 0. The van der Waals surface area contributed by atoms with E-state index in [4.69, 9.17) is 15.0 Å². The highest BCUT2D eigenvalue weighted by molar-refractivity contribution is 5.93. The molecule has 0 fully saturated rings. The van der Waals surface area contributed by atoms with E-state index in [0.717, 1.165) is 58.0 Å². The Kier molecular flexibility index (Phi) is 6.26. The van der Waals surface area contributed by atoms with Gasteiger partial charge in [0.15, 0.2) is 17.5 Å². The van der Waals surface area contributed by atoms with E-state index in [2.05, 4.69) is 121 Å². The lowest BCUT2D eigenvalue weighted by Gasteiger charge is -2.17. The van der Waals surface area contributed by atoms with E-state index in [0.29, 0.717) is 23.4 Å². The molecule has 0 saturated heterocycles. The van der Waals surface area contributed by atoms with E-state index in [9.17, 15) is 0 Å². The van der Waals surface area contributed by atoms with Gasteiger partial charge < -0.3 is 0 Å². The molecule has 0 spiro atoms. The normalized spacial score (nSPS) is 15.3. The number of nitrogens with zero attached hydrogens (tertiary/aromatic N) is 4. The van der Waals surface area contributed by atoms with E-state index in [1.807, 2.05) is 12.3 Å². The summed E-state index contributed by atoms with van der Waals surface area (Å²) in [5.41, 5.74) is 11.4. The Morgan fingerprint density at radius 3 is 2.21 bits per heavy atom. The number of benzene rings is 4. The third-order valence-electron chi connectivity index (χ3n) is 8.55. The third-order valence-corrected chi connectivity index (χ3v) is 8.55. The molecule has 0 bridgehead atoms. The van der Waals surface area contributed by atoms with Gasteiger partial charge in [0.2, 0.25) is 0 Å². The Balaban J connectivity index is 1.24. The standard InChI is InChI=1S/C39H30N4/c1-25-11-12-32-24-34(20-18-31(32)22-25)39-42-37(41-38(43-39)33-19-13-26-6-2-3-7-30(26)23-33)29-16-14-27(15-17-29)35-10-4-8-28-9-5-21-40-36(28)35/h2,4-6,8-21,23-25H,3,7,22H2,1H3. The zero-order valence-electron chi connectivity index (χ0n) is 24.0. The SMILES string of the molecule is CC1C=Cc2cc(-c3nc(-c4ccc(-c5cccc6cccnc56)cc4)nc(-c4ccc5c(c4)CCC=C5)n3)ccc2C1. The Morgan fingerprint density at radius 1 is 0.628 bits per heavy atom. The molecule has 2 aliphatic carbocycles. The van der Waals surface area contributed by atoms with Crippen LogP contribution in [-0.4, -0.2) is 19.9 Å². The highest BCUT2D eigenvalue weighted by Gasteiger charge is 2.17. The summed E-state index contributed by atoms with van der Waals surface area (Å²) < 4.78 is 0. The first-order valence-electron chi connectivity index (χ1n) is 15.0. The van der Waals surface area contributed by atoms with Crippen LogP contribution in [0.1, 0.15) is 35.6 Å². The Morgan fingerprint density at radius 2 is 1.35 bits per heavy atom. The Hall–Kier alpha value is -5.22. The van der Waals surface area contributed by atoms with Crippen LogP contribution in [0.4, 0.5) is 0 Å². The van der Waals surface area contributed by atoms with Crippen molar-refractivity contribution in [3.8, 4) is 45.3 Å². The molecule has 1 atom stereocenters. The Bertz CT molecular complexity index is 2070. The lowest BCUT2D eigenvalue weighted by molar-refractivity contribution is 0.717. The predicted octanol–water partition coefficient (Wildman–Crippen LogP) is 9.25. The molecular weight excluding hydrogens is 524 g/mol. The van der Waals surface area contributed by atoms with Crippen molar-refractivity contribution in [1.82, 2.24) is 19.9 Å². The van der Waals surface area contributed by atoms with Gasteiger partial charge in [-0.1, -0.05) is 104 Å². The Labute approximate surface area is 251 Å². The van der Waals surface area contributed by atoms with Crippen molar-refractivity contribution in [1.29, 1.82) is 0 Å². The van der Waals surface area contributed by atoms with E-state index in [-0.39, 0.29) is 0 Å². The number of hydrogen-bond donors (Lipinski definition) is 0. The summed E-state index contributed by atoms with van der Waals surface area (Å²) in [6, 6.07) is 32.0. The van der Waals surface area contributed by atoms with Gasteiger partial charge in [-0.3, -0.25) is 4.98 Å². The van der Waals surface area contributed by atoms with E-state index in [1.165, 1.54) is 22.3 Å². The molecule has 0 amide bonds. The fourth-order valence-electron chi connectivity index (χ4n) is 6.23. The third kappa shape index (κ3) is 4.85. The van der Waals surface area contributed by atoms with Gasteiger partial charge in [0.1, 0.15) is 0 Å². The molecule has 0 aliphatic heterocycles. The van der Waals surface area contributed by atoms with Gasteiger partial charge in [0.25, 0.3) is 0 Å². The number of aryl methyl sites for hydroxylation is 1. The average Bonchev–Trinajstić information content (AvgIpc) is 3.07. The van der Waals surface area contributed by atoms with Gasteiger partial charge in [-0.2, -0.15) is 0 Å². The summed E-state index contributed by atoms with van der Waals surface area (Å²) in [6.45, 7) is 2.26. The van der Waals surface area contributed by atoms with E-state index >= 15 is 0 Å². The fourth-order valence-corrected chi connectivity index (χ4v) is 6.23. The zero-order valence-corrected chi connectivity index (χ0v) is 24.0. The second kappa shape index (κ2) is 10.6. The molecule has 4 nitrogen and oxygen atoms in total. The van der Waals surface area contributed by atoms with Crippen LogP contribution in [0.2, 0.25) is 0 Å². The fraction of sp³-hybridized carbons (Fsp3) is 0.128. The molecule has 206 valence electrons. The first-order chi connectivity index (χ1) is 21.2. The minimum Gasteiger partial charge on any atom is -0.256 e. The van der Waals surface area contributed by atoms with Crippen molar-refractivity contribution in [2.45, 2.75) is 26.2 Å². The molecule has 4 heteroatoms. The number of aromatic nitrogens is 4. The molecule has 0 saturated carbocycles. The maximum atomic E-state index is 5.04. The van der Waals surface area contributed by atoms with Gasteiger partial charge in [0, 0.05) is 33.8 Å². The summed E-state index contributed by atoms with van der Waals surface area (Å²) in [4.78, 5) is 19.8. The van der Waals surface area contributed by atoms with E-state index < -0.39 is 0 Å². The monoisotopic (exact) mass is 554 g/mol. The lowest BCUT2D eigenvalue weighted by atomic mass is 9.89. The van der Waals surface area contributed by atoms with Crippen LogP contribution in [0.15, 0.2) is 109 Å². The molecule has 2 aromatic heterocycles. The number of fused-ring (bicyclic) bond motifs is 3. The van der Waals surface area contributed by atoms with Crippen molar-refractivity contribution in [2.24, 2.45) is 5.92 Å². The van der Waals surface area contributed by atoms with Gasteiger partial charge in [-0.05, 0) is 71.2 Å². The van der Waals surface area contributed by atoms with Gasteiger partial charge >= 0.3 is 0 Å². The van der Waals surface area contributed by atoms with Crippen molar-refractivity contribution < 1.29 is 0 Å². The quantitative estimate of drug-likeness (QED) is 0.218. The minimum atomic E-state index is 0.556. The summed E-state index contributed by atoms with van der Waals surface area (Å²) in [6.07, 6.45) is 14.0.